The summed E-state index contributed by atoms with van der Waals surface area (Å²) in [4.78, 5) is 4.21. The van der Waals surface area contributed by atoms with Crippen molar-refractivity contribution in [2.45, 2.75) is 13.1 Å². The molecular weight excluding hydrogens is 308 g/mol. The van der Waals surface area contributed by atoms with Crippen molar-refractivity contribution in [3.05, 3.63) is 49.8 Å². The number of nitrogens with one attached hydrogen (secondary N) is 1. The Morgan fingerprint density at radius 3 is 2.94 bits per heavy atom. The third-order valence-electron chi connectivity index (χ3n) is 2.09. The lowest BCUT2D eigenvalue weighted by Gasteiger charge is -2.05. The van der Waals surface area contributed by atoms with Crippen LogP contribution in [0.5, 0.6) is 0 Å². The summed E-state index contributed by atoms with van der Waals surface area (Å²) in [6, 6.07) is 5.82. The van der Waals surface area contributed by atoms with E-state index in [0.717, 1.165) is 27.6 Å². The van der Waals surface area contributed by atoms with Crippen LogP contribution < -0.4 is 5.32 Å². The van der Waals surface area contributed by atoms with E-state index in [1.807, 2.05) is 29.8 Å². The van der Waals surface area contributed by atoms with Crippen LogP contribution in [-0.2, 0) is 13.1 Å². The molecule has 5 heteroatoms. The average molecular weight is 318 g/mol. The van der Waals surface area contributed by atoms with Crippen LogP contribution in [0.2, 0.25) is 5.02 Å². The minimum atomic E-state index is 0.746. The predicted octanol–water partition coefficient (Wildman–Crippen LogP) is 3.85. The fraction of sp³-hybridized carbons (Fsp3) is 0.182. The number of halogens is 2. The maximum Gasteiger partial charge on any atom is 0.106 e. The van der Waals surface area contributed by atoms with E-state index in [0.29, 0.717) is 0 Å². The first kappa shape index (κ1) is 12.0. The van der Waals surface area contributed by atoms with Gasteiger partial charge < -0.3 is 5.32 Å². The summed E-state index contributed by atoms with van der Waals surface area (Å²) in [5.41, 5.74) is 1.20. The lowest BCUT2D eigenvalue weighted by atomic mass is 10.2. The van der Waals surface area contributed by atoms with Crippen LogP contribution in [0.15, 0.2) is 34.2 Å². The highest BCUT2D eigenvalue weighted by Gasteiger charge is 2.01. The molecule has 1 aromatic carbocycles. The first-order valence-corrected chi connectivity index (χ1v) is 6.84. The zero-order valence-corrected chi connectivity index (χ0v) is 11.6. The van der Waals surface area contributed by atoms with Gasteiger partial charge in [0.2, 0.25) is 0 Å². The van der Waals surface area contributed by atoms with Gasteiger partial charge in [0, 0.05) is 34.2 Å². The van der Waals surface area contributed by atoms with E-state index >= 15 is 0 Å². The standard InChI is InChI=1S/C11H10BrClN2S/c12-10-5-9(13)2-1-8(10)6-14-7-11-15-3-4-16-11/h1-5,14H,6-7H2. The second kappa shape index (κ2) is 5.77. The first-order valence-electron chi connectivity index (χ1n) is 4.79. The Labute approximate surface area is 112 Å². The van der Waals surface area contributed by atoms with Crippen molar-refractivity contribution in [2.75, 3.05) is 0 Å². The van der Waals surface area contributed by atoms with Gasteiger partial charge in [-0.1, -0.05) is 33.6 Å². The summed E-state index contributed by atoms with van der Waals surface area (Å²) >= 11 is 11.0. The second-order valence-corrected chi connectivity index (χ2v) is 5.54. The van der Waals surface area contributed by atoms with Crippen LogP contribution in [0.25, 0.3) is 0 Å². The molecule has 2 aromatic rings. The fourth-order valence-corrected chi connectivity index (χ4v) is 2.72. The lowest BCUT2D eigenvalue weighted by molar-refractivity contribution is 0.688. The first-order chi connectivity index (χ1) is 7.75. The van der Waals surface area contributed by atoms with E-state index < -0.39 is 0 Å². The molecule has 0 aliphatic heterocycles. The van der Waals surface area contributed by atoms with Crippen LogP contribution in [0.1, 0.15) is 10.6 Å². The minimum absolute atomic E-state index is 0.746. The van der Waals surface area contributed by atoms with Gasteiger partial charge in [-0.3, -0.25) is 0 Å². The van der Waals surface area contributed by atoms with Crippen molar-refractivity contribution < 1.29 is 0 Å². The molecule has 0 aliphatic carbocycles. The molecule has 0 saturated carbocycles. The third kappa shape index (κ3) is 3.28. The van der Waals surface area contributed by atoms with E-state index in [4.69, 9.17) is 11.6 Å². The van der Waals surface area contributed by atoms with Gasteiger partial charge in [0.1, 0.15) is 5.01 Å². The number of nitrogens with zero attached hydrogens (tertiary/aromatic N) is 1. The highest BCUT2D eigenvalue weighted by atomic mass is 79.9. The maximum atomic E-state index is 5.87. The number of aromatic nitrogens is 1. The Morgan fingerprint density at radius 2 is 2.25 bits per heavy atom. The predicted molar refractivity (Wildman–Crippen MR) is 71.8 cm³/mol. The van der Waals surface area contributed by atoms with E-state index in [1.165, 1.54) is 5.56 Å². The summed E-state index contributed by atoms with van der Waals surface area (Å²) in [6.07, 6.45) is 1.82. The summed E-state index contributed by atoms with van der Waals surface area (Å²) in [5, 5.41) is 7.17. The summed E-state index contributed by atoms with van der Waals surface area (Å²) < 4.78 is 1.03. The molecule has 0 fully saturated rings. The molecular formula is C11H10BrClN2S. The van der Waals surface area contributed by atoms with Gasteiger partial charge in [-0.05, 0) is 17.7 Å². The zero-order chi connectivity index (χ0) is 11.4. The third-order valence-corrected chi connectivity index (χ3v) is 3.84. The van der Waals surface area contributed by atoms with Crippen LogP contribution >= 0.6 is 38.9 Å². The summed E-state index contributed by atoms with van der Waals surface area (Å²) in [7, 11) is 0. The topological polar surface area (TPSA) is 24.9 Å². The van der Waals surface area contributed by atoms with Gasteiger partial charge in [0.15, 0.2) is 0 Å². The summed E-state index contributed by atoms with van der Waals surface area (Å²) in [6.45, 7) is 1.60. The lowest BCUT2D eigenvalue weighted by Crippen LogP contribution is -2.12. The van der Waals surface area contributed by atoms with Gasteiger partial charge in [0.25, 0.3) is 0 Å². The normalized spacial score (nSPS) is 10.6. The van der Waals surface area contributed by atoms with Gasteiger partial charge in [0.05, 0.1) is 0 Å². The second-order valence-electron chi connectivity index (χ2n) is 3.27. The van der Waals surface area contributed by atoms with Crippen molar-refractivity contribution >= 4 is 38.9 Å². The van der Waals surface area contributed by atoms with E-state index in [-0.39, 0.29) is 0 Å². The monoisotopic (exact) mass is 316 g/mol. The van der Waals surface area contributed by atoms with Gasteiger partial charge in [-0.2, -0.15) is 0 Å². The molecule has 1 aromatic heterocycles. The number of hydrogen-bond acceptors (Lipinski definition) is 3. The molecule has 2 nitrogen and oxygen atoms in total. The highest BCUT2D eigenvalue weighted by Crippen LogP contribution is 2.21. The van der Waals surface area contributed by atoms with E-state index in [9.17, 15) is 0 Å². The molecule has 1 N–H and O–H groups in total. The quantitative estimate of drug-likeness (QED) is 0.926. The van der Waals surface area contributed by atoms with Crippen molar-refractivity contribution in [2.24, 2.45) is 0 Å². The Morgan fingerprint density at radius 1 is 1.38 bits per heavy atom. The Kier molecular flexibility index (Phi) is 4.35. The van der Waals surface area contributed by atoms with Crippen molar-refractivity contribution in [1.82, 2.24) is 10.3 Å². The summed E-state index contributed by atoms with van der Waals surface area (Å²) in [5.74, 6) is 0. The SMILES string of the molecule is Clc1ccc(CNCc2nccs2)c(Br)c1. The van der Waals surface area contributed by atoms with Gasteiger partial charge >= 0.3 is 0 Å². The molecule has 0 bridgehead atoms. The van der Waals surface area contributed by atoms with Crippen LogP contribution in [0, 0.1) is 0 Å². The van der Waals surface area contributed by atoms with Crippen molar-refractivity contribution in [3.63, 3.8) is 0 Å². The van der Waals surface area contributed by atoms with Crippen LogP contribution in [0.3, 0.4) is 0 Å². The molecule has 0 spiro atoms. The number of benzene rings is 1. The Bertz CT molecular complexity index is 459. The fourth-order valence-electron chi connectivity index (χ4n) is 1.31. The Balaban J connectivity index is 1.90. The minimum Gasteiger partial charge on any atom is -0.306 e. The highest BCUT2D eigenvalue weighted by molar-refractivity contribution is 9.10. The smallest absolute Gasteiger partial charge is 0.106 e. The molecule has 0 unspecified atom stereocenters. The van der Waals surface area contributed by atoms with Crippen LogP contribution in [0.4, 0.5) is 0 Å². The van der Waals surface area contributed by atoms with Crippen molar-refractivity contribution in [3.8, 4) is 0 Å². The molecule has 0 atom stereocenters. The molecule has 1 heterocycles. The molecule has 84 valence electrons. The number of rotatable bonds is 4. The molecule has 0 amide bonds. The zero-order valence-electron chi connectivity index (χ0n) is 8.41. The molecule has 2 rings (SSSR count). The number of hydrogen-bond donors (Lipinski definition) is 1. The molecule has 0 radical (unpaired) electrons. The molecule has 0 aliphatic rings. The largest absolute Gasteiger partial charge is 0.306 e. The van der Waals surface area contributed by atoms with Gasteiger partial charge in [-0.15, -0.1) is 11.3 Å². The molecule has 16 heavy (non-hydrogen) atoms. The molecule has 0 saturated heterocycles. The van der Waals surface area contributed by atoms with E-state index in [2.05, 4.69) is 26.2 Å². The van der Waals surface area contributed by atoms with Gasteiger partial charge in [-0.25, -0.2) is 4.98 Å². The Hall–Kier alpha value is -0.420. The van der Waals surface area contributed by atoms with Crippen LogP contribution in [-0.4, -0.2) is 4.98 Å². The number of thiazole rings is 1. The van der Waals surface area contributed by atoms with Crippen molar-refractivity contribution in [1.29, 1.82) is 0 Å². The van der Waals surface area contributed by atoms with E-state index in [1.54, 1.807) is 11.3 Å². The average Bonchev–Trinajstić information content (AvgIpc) is 2.74. The maximum absolute atomic E-state index is 5.87.